The van der Waals surface area contributed by atoms with Crippen LogP contribution in [0.15, 0.2) is 0 Å². The van der Waals surface area contributed by atoms with Gasteiger partial charge in [-0.05, 0) is 25.4 Å². The minimum Gasteiger partial charge on any atom is -0.469 e. The molecule has 0 rings (SSSR count). The largest absolute Gasteiger partial charge is 0.469 e. The van der Waals surface area contributed by atoms with E-state index in [1.165, 1.54) is 7.11 Å². The van der Waals surface area contributed by atoms with Gasteiger partial charge in [-0.15, -0.1) is 0 Å². The summed E-state index contributed by atoms with van der Waals surface area (Å²) < 4.78 is 4.68. The molecule has 0 amide bonds. The zero-order valence-corrected chi connectivity index (χ0v) is 11.2. The van der Waals surface area contributed by atoms with Crippen LogP contribution in [-0.4, -0.2) is 43.7 Å². The maximum atomic E-state index is 11.2. The van der Waals surface area contributed by atoms with Crippen molar-refractivity contribution in [1.82, 2.24) is 4.90 Å². The second kappa shape index (κ2) is 6.86. The van der Waals surface area contributed by atoms with E-state index in [1.54, 1.807) is 0 Å². The van der Waals surface area contributed by atoms with Crippen LogP contribution in [0.2, 0.25) is 0 Å². The van der Waals surface area contributed by atoms with E-state index in [0.717, 1.165) is 13.1 Å². The molecule has 0 aliphatic heterocycles. The van der Waals surface area contributed by atoms with E-state index in [2.05, 4.69) is 30.4 Å². The van der Waals surface area contributed by atoms with Crippen LogP contribution in [0, 0.1) is 5.41 Å². The Bertz CT molecular complexity index is 217. The molecule has 1 atom stereocenters. The average molecular weight is 230 g/mol. The fraction of sp³-hybridized carbons (Fsp3) is 0.917. The topological polar surface area (TPSA) is 55.6 Å². The van der Waals surface area contributed by atoms with Gasteiger partial charge in [-0.3, -0.25) is 9.69 Å². The second-order valence-electron chi connectivity index (χ2n) is 5.06. The van der Waals surface area contributed by atoms with Gasteiger partial charge >= 0.3 is 5.97 Å². The van der Waals surface area contributed by atoms with Crippen molar-refractivity contribution in [1.29, 1.82) is 0 Å². The van der Waals surface area contributed by atoms with Gasteiger partial charge in [-0.1, -0.05) is 20.8 Å². The predicted octanol–water partition coefficient (Wildman–Crippen LogP) is 1.24. The zero-order valence-electron chi connectivity index (χ0n) is 11.2. The van der Waals surface area contributed by atoms with E-state index in [4.69, 9.17) is 5.73 Å². The van der Waals surface area contributed by atoms with Crippen molar-refractivity contribution in [3.63, 3.8) is 0 Å². The third kappa shape index (κ3) is 5.47. The van der Waals surface area contributed by atoms with Crippen molar-refractivity contribution in [2.24, 2.45) is 11.1 Å². The van der Waals surface area contributed by atoms with E-state index in [-0.39, 0.29) is 17.4 Å². The van der Waals surface area contributed by atoms with E-state index >= 15 is 0 Å². The van der Waals surface area contributed by atoms with Gasteiger partial charge in [0, 0.05) is 12.6 Å². The summed E-state index contributed by atoms with van der Waals surface area (Å²) in [7, 11) is 1.43. The molecule has 0 heterocycles. The van der Waals surface area contributed by atoms with Crippen molar-refractivity contribution in [2.75, 3.05) is 26.7 Å². The Morgan fingerprint density at radius 2 is 2.06 bits per heavy atom. The van der Waals surface area contributed by atoms with Crippen molar-refractivity contribution in [3.05, 3.63) is 0 Å². The monoisotopic (exact) mass is 230 g/mol. The first kappa shape index (κ1) is 15.4. The third-order valence-corrected chi connectivity index (χ3v) is 2.90. The second-order valence-corrected chi connectivity index (χ2v) is 5.06. The van der Waals surface area contributed by atoms with Crippen LogP contribution in [0.4, 0.5) is 0 Å². The summed E-state index contributed by atoms with van der Waals surface area (Å²) in [5, 5.41) is 0. The zero-order chi connectivity index (χ0) is 12.8. The fourth-order valence-corrected chi connectivity index (χ4v) is 1.65. The number of rotatable bonds is 7. The molecule has 96 valence electrons. The summed E-state index contributed by atoms with van der Waals surface area (Å²) in [5.41, 5.74) is 5.80. The fourth-order valence-electron chi connectivity index (χ4n) is 1.65. The van der Waals surface area contributed by atoms with Crippen molar-refractivity contribution in [2.45, 2.75) is 40.2 Å². The summed E-state index contributed by atoms with van der Waals surface area (Å²) in [6.07, 6.45) is 0.436. The van der Waals surface area contributed by atoms with Crippen LogP contribution >= 0.6 is 0 Å². The number of esters is 1. The Kier molecular flexibility index (Phi) is 6.60. The van der Waals surface area contributed by atoms with Crippen LogP contribution in [0.1, 0.15) is 34.1 Å². The van der Waals surface area contributed by atoms with Gasteiger partial charge in [-0.2, -0.15) is 0 Å². The first-order chi connectivity index (χ1) is 7.36. The highest BCUT2D eigenvalue weighted by Gasteiger charge is 2.23. The highest BCUT2D eigenvalue weighted by atomic mass is 16.5. The van der Waals surface area contributed by atoms with Crippen LogP contribution in [-0.2, 0) is 9.53 Å². The van der Waals surface area contributed by atoms with Gasteiger partial charge < -0.3 is 10.5 Å². The summed E-state index contributed by atoms with van der Waals surface area (Å²) in [6.45, 7) is 10.9. The number of hydrogen-bond donors (Lipinski definition) is 1. The molecule has 1 unspecified atom stereocenters. The lowest BCUT2D eigenvalue weighted by Crippen LogP contribution is -2.43. The summed E-state index contributed by atoms with van der Waals surface area (Å²) >= 11 is 0. The third-order valence-electron chi connectivity index (χ3n) is 2.90. The van der Waals surface area contributed by atoms with E-state index in [1.807, 2.05) is 6.92 Å². The van der Waals surface area contributed by atoms with Gasteiger partial charge in [0.05, 0.1) is 13.5 Å². The van der Waals surface area contributed by atoms with E-state index in [0.29, 0.717) is 13.0 Å². The van der Waals surface area contributed by atoms with Gasteiger partial charge in [0.1, 0.15) is 0 Å². The number of nitrogens with zero attached hydrogens (tertiary/aromatic N) is 1. The number of carbonyl (C=O) groups is 1. The Balaban J connectivity index is 4.32. The van der Waals surface area contributed by atoms with E-state index < -0.39 is 0 Å². The molecule has 0 radical (unpaired) electrons. The minimum absolute atomic E-state index is 0.0837. The number of carbonyl (C=O) groups excluding carboxylic acids is 1. The lowest BCUT2D eigenvalue weighted by Gasteiger charge is -2.34. The summed E-state index contributed by atoms with van der Waals surface area (Å²) in [6, 6.07) is 0.197. The van der Waals surface area contributed by atoms with Gasteiger partial charge in [0.15, 0.2) is 0 Å². The quantitative estimate of drug-likeness (QED) is 0.669. The minimum atomic E-state index is -0.156. The van der Waals surface area contributed by atoms with Gasteiger partial charge in [-0.25, -0.2) is 0 Å². The Morgan fingerprint density at radius 1 is 1.50 bits per heavy atom. The van der Waals surface area contributed by atoms with Gasteiger partial charge in [0.2, 0.25) is 0 Å². The molecule has 16 heavy (non-hydrogen) atoms. The number of nitrogens with two attached hydrogens (primary N) is 1. The molecule has 0 aromatic rings. The number of hydrogen-bond acceptors (Lipinski definition) is 4. The molecular weight excluding hydrogens is 204 g/mol. The predicted molar refractivity (Wildman–Crippen MR) is 66.2 cm³/mol. The molecule has 0 spiro atoms. The van der Waals surface area contributed by atoms with Crippen LogP contribution in [0.5, 0.6) is 0 Å². The average Bonchev–Trinajstić information content (AvgIpc) is 2.25. The standard InChI is InChI=1S/C12H26N2O2/c1-6-14(9-12(3,4)8-13)10(2)7-11(15)16-5/h10H,6-9,13H2,1-5H3. The smallest absolute Gasteiger partial charge is 0.307 e. The van der Waals surface area contributed by atoms with Crippen LogP contribution in [0.3, 0.4) is 0 Å². The molecule has 0 fully saturated rings. The Morgan fingerprint density at radius 3 is 2.44 bits per heavy atom. The Hall–Kier alpha value is -0.610. The van der Waals surface area contributed by atoms with Crippen LogP contribution < -0.4 is 5.73 Å². The van der Waals surface area contributed by atoms with Crippen molar-refractivity contribution >= 4 is 5.97 Å². The lowest BCUT2D eigenvalue weighted by atomic mass is 9.92. The summed E-state index contributed by atoms with van der Waals surface area (Å²) in [4.78, 5) is 13.5. The molecule has 4 heteroatoms. The molecule has 2 N–H and O–H groups in total. The highest BCUT2D eigenvalue weighted by Crippen LogP contribution is 2.17. The SMILES string of the molecule is CCN(CC(C)(C)CN)C(C)CC(=O)OC. The maximum Gasteiger partial charge on any atom is 0.307 e. The van der Waals surface area contributed by atoms with Crippen molar-refractivity contribution in [3.8, 4) is 0 Å². The van der Waals surface area contributed by atoms with E-state index in [9.17, 15) is 4.79 Å². The number of methoxy groups -OCH3 is 1. The number of ether oxygens (including phenoxy) is 1. The lowest BCUT2D eigenvalue weighted by molar-refractivity contribution is -0.142. The molecule has 0 aliphatic carbocycles. The molecular formula is C12H26N2O2. The normalized spacial score (nSPS) is 13.9. The first-order valence-corrected chi connectivity index (χ1v) is 5.87. The molecule has 0 aromatic heterocycles. The molecule has 0 bridgehead atoms. The molecule has 4 nitrogen and oxygen atoms in total. The Labute approximate surface area is 99.1 Å². The molecule has 0 saturated carbocycles. The molecule has 0 saturated heterocycles. The summed E-state index contributed by atoms with van der Waals surface area (Å²) in [5.74, 6) is -0.156. The van der Waals surface area contributed by atoms with Gasteiger partial charge in [0.25, 0.3) is 0 Å². The molecule has 0 aliphatic rings. The van der Waals surface area contributed by atoms with Crippen molar-refractivity contribution < 1.29 is 9.53 Å². The first-order valence-electron chi connectivity index (χ1n) is 5.87. The maximum absolute atomic E-state index is 11.2. The van der Waals surface area contributed by atoms with Crippen LogP contribution in [0.25, 0.3) is 0 Å². The highest BCUT2D eigenvalue weighted by molar-refractivity contribution is 5.69. The molecule has 0 aromatic carbocycles.